The predicted molar refractivity (Wildman–Crippen MR) is 52.2 cm³/mol. The molecule has 0 saturated carbocycles. The van der Waals surface area contributed by atoms with Crippen molar-refractivity contribution in [3.63, 3.8) is 0 Å². The van der Waals surface area contributed by atoms with Crippen LogP contribution < -0.4 is 10.6 Å². The molecule has 0 saturated heterocycles. The summed E-state index contributed by atoms with van der Waals surface area (Å²) in [6, 6.07) is 4.38. The van der Waals surface area contributed by atoms with Crippen LogP contribution in [0.3, 0.4) is 0 Å². The molecule has 0 radical (unpaired) electrons. The number of amides is 1. The topological polar surface area (TPSA) is 41.1 Å². The highest BCUT2D eigenvalue weighted by Gasteiger charge is 2.41. The molecule has 0 aromatic heterocycles. The van der Waals surface area contributed by atoms with Gasteiger partial charge in [0.1, 0.15) is 6.04 Å². The third-order valence-corrected chi connectivity index (χ3v) is 2.36. The van der Waals surface area contributed by atoms with Crippen LogP contribution in [0.1, 0.15) is 10.4 Å². The minimum Gasteiger partial charge on any atom is -0.372 e. The molecule has 86 valence electrons. The molecule has 1 aromatic rings. The summed E-state index contributed by atoms with van der Waals surface area (Å²) < 4.78 is 37.6. The van der Waals surface area contributed by atoms with Crippen molar-refractivity contribution < 1.29 is 18.0 Å². The largest absolute Gasteiger partial charge is 0.410 e. The number of alkyl halides is 3. The molecule has 0 spiro atoms. The van der Waals surface area contributed by atoms with Crippen molar-refractivity contribution in [1.82, 2.24) is 5.32 Å². The molecule has 16 heavy (non-hydrogen) atoms. The smallest absolute Gasteiger partial charge is 0.372 e. The standard InChI is InChI=1S/C10H9F3N2O/c11-10(12,13)8-5-14-9(16)6-3-1-2-4-7(6)15-8/h1-4,8,15H,5H2,(H,14,16). The number of fused-ring (bicyclic) bond motifs is 1. The van der Waals surface area contributed by atoms with Crippen LogP contribution in [-0.4, -0.2) is 24.7 Å². The number of carbonyl (C=O) groups excluding carboxylic acids is 1. The second-order valence-corrected chi connectivity index (χ2v) is 3.49. The van der Waals surface area contributed by atoms with Gasteiger partial charge in [-0.3, -0.25) is 4.79 Å². The van der Waals surface area contributed by atoms with Crippen molar-refractivity contribution in [1.29, 1.82) is 0 Å². The van der Waals surface area contributed by atoms with Crippen molar-refractivity contribution in [2.24, 2.45) is 0 Å². The molecule has 6 heteroatoms. The SMILES string of the molecule is O=C1NCC(C(F)(F)F)Nc2ccccc21. The summed E-state index contributed by atoms with van der Waals surface area (Å²) in [6.07, 6.45) is -4.38. The average molecular weight is 230 g/mol. The molecule has 2 rings (SSSR count). The molecule has 1 aliphatic heterocycles. The number of hydrogen-bond donors (Lipinski definition) is 2. The third-order valence-electron chi connectivity index (χ3n) is 2.36. The first-order valence-electron chi connectivity index (χ1n) is 4.69. The maximum Gasteiger partial charge on any atom is 0.410 e. The number of nitrogens with one attached hydrogen (secondary N) is 2. The Kier molecular flexibility index (Phi) is 2.49. The Morgan fingerprint density at radius 3 is 2.62 bits per heavy atom. The van der Waals surface area contributed by atoms with Crippen molar-refractivity contribution in [3.05, 3.63) is 29.8 Å². The summed E-state index contributed by atoms with van der Waals surface area (Å²) in [7, 11) is 0. The summed E-state index contributed by atoms with van der Waals surface area (Å²) in [4.78, 5) is 11.5. The van der Waals surface area contributed by atoms with E-state index in [0.29, 0.717) is 0 Å². The first kappa shape index (κ1) is 10.8. The minimum atomic E-state index is -4.38. The fourth-order valence-electron chi connectivity index (χ4n) is 1.53. The molecule has 1 heterocycles. The van der Waals surface area contributed by atoms with Gasteiger partial charge in [0.25, 0.3) is 5.91 Å². The Balaban J connectivity index is 2.35. The Hall–Kier alpha value is -1.72. The Morgan fingerprint density at radius 1 is 1.25 bits per heavy atom. The van der Waals surface area contributed by atoms with Crippen LogP contribution in [0.25, 0.3) is 0 Å². The quantitative estimate of drug-likeness (QED) is 0.713. The van der Waals surface area contributed by atoms with E-state index < -0.39 is 24.7 Å². The van der Waals surface area contributed by atoms with Gasteiger partial charge in [0, 0.05) is 12.2 Å². The van der Waals surface area contributed by atoms with Gasteiger partial charge in [0.05, 0.1) is 5.56 Å². The summed E-state index contributed by atoms with van der Waals surface area (Å²) in [6.45, 7) is -0.461. The van der Waals surface area contributed by atoms with Crippen molar-refractivity contribution in [2.45, 2.75) is 12.2 Å². The number of halogens is 3. The second kappa shape index (κ2) is 3.70. The number of rotatable bonds is 0. The zero-order valence-electron chi connectivity index (χ0n) is 8.14. The third kappa shape index (κ3) is 1.95. The zero-order valence-corrected chi connectivity index (χ0v) is 8.14. The molecule has 0 bridgehead atoms. The van der Waals surface area contributed by atoms with Gasteiger partial charge in [-0.25, -0.2) is 0 Å². The van der Waals surface area contributed by atoms with Crippen LogP contribution in [0.15, 0.2) is 24.3 Å². The molecule has 0 aliphatic carbocycles. The molecule has 3 nitrogen and oxygen atoms in total. The van der Waals surface area contributed by atoms with Crippen molar-refractivity contribution in [3.8, 4) is 0 Å². The normalized spacial score (nSPS) is 20.4. The van der Waals surface area contributed by atoms with Gasteiger partial charge in [-0.15, -0.1) is 0 Å². The summed E-state index contributed by atoms with van der Waals surface area (Å²) in [5.41, 5.74) is 0.439. The Morgan fingerprint density at radius 2 is 1.94 bits per heavy atom. The number of benzene rings is 1. The van der Waals surface area contributed by atoms with Crippen molar-refractivity contribution >= 4 is 11.6 Å². The Bertz CT molecular complexity index is 417. The zero-order chi connectivity index (χ0) is 11.8. The lowest BCUT2D eigenvalue weighted by Gasteiger charge is -2.20. The first-order chi connectivity index (χ1) is 7.48. The molecule has 1 aromatic carbocycles. The highest BCUT2D eigenvalue weighted by atomic mass is 19.4. The molecule has 1 aliphatic rings. The summed E-state index contributed by atoms with van der Waals surface area (Å²) >= 11 is 0. The van der Waals surface area contributed by atoms with E-state index in [9.17, 15) is 18.0 Å². The molecule has 1 atom stereocenters. The van der Waals surface area contributed by atoms with E-state index in [4.69, 9.17) is 0 Å². The van der Waals surface area contributed by atoms with Gasteiger partial charge in [-0.1, -0.05) is 12.1 Å². The van der Waals surface area contributed by atoms with E-state index in [0.717, 1.165) is 0 Å². The highest BCUT2D eigenvalue weighted by molar-refractivity contribution is 6.00. The lowest BCUT2D eigenvalue weighted by atomic mass is 10.1. The lowest BCUT2D eigenvalue weighted by Crippen LogP contribution is -2.43. The van der Waals surface area contributed by atoms with Gasteiger partial charge in [0.15, 0.2) is 0 Å². The average Bonchev–Trinajstić information content (AvgIpc) is 2.38. The van der Waals surface area contributed by atoms with E-state index in [-0.39, 0.29) is 11.3 Å². The van der Waals surface area contributed by atoms with Gasteiger partial charge in [0.2, 0.25) is 0 Å². The predicted octanol–water partition coefficient (Wildman–Crippen LogP) is 1.77. The first-order valence-corrected chi connectivity index (χ1v) is 4.69. The monoisotopic (exact) mass is 230 g/mol. The molecule has 1 unspecified atom stereocenters. The van der Waals surface area contributed by atoms with E-state index >= 15 is 0 Å². The minimum absolute atomic E-state index is 0.208. The summed E-state index contributed by atoms with van der Waals surface area (Å²) in [5, 5.41) is 4.56. The Labute approximate surface area is 89.6 Å². The molecular weight excluding hydrogens is 221 g/mol. The summed E-state index contributed by atoms with van der Waals surface area (Å²) in [5.74, 6) is -0.491. The number of para-hydroxylation sites is 1. The molecular formula is C10H9F3N2O. The highest BCUT2D eigenvalue weighted by Crippen LogP contribution is 2.26. The van der Waals surface area contributed by atoms with Crippen LogP contribution in [0, 0.1) is 0 Å². The molecule has 1 amide bonds. The van der Waals surface area contributed by atoms with Crippen LogP contribution >= 0.6 is 0 Å². The van der Waals surface area contributed by atoms with Gasteiger partial charge in [-0.05, 0) is 12.1 Å². The van der Waals surface area contributed by atoms with E-state index in [1.54, 1.807) is 12.1 Å². The van der Waals surface area contributed by atoms with E-state index in [2.05, 4.69) is 10.6 Å². The van der Waals surface area contributed by atoms with Crippen molar-refractivity contribution in [2.75, 3.05) is 11.9 Å². The van der Waals surface area contributed by atoms with Crippen LogP contribution in [-0.2, 0) is 0 Å². The second-order valence-electron chi connectivity index (χ2n) is 3.49. The van der Waals surface area contributed by atoms with Crippen LogP contribution in [0.4, 0.5) is 18.9 Å². The number of hydrogen-bond acceptors (Lipinski definition) is 2. The maximum atomic E-state index is 12.5. The maximum absolute atomic E-state index is 12.5. The van der Waals surface area contributed by atoms with E-state index in [1.807, 2.05) is 0 Å². The van der Waals surface area contributed by atoms with Gasteiger partial charge < -0.3 is 10.6 Å². The van der Waals surface area contributed by atoms with Crippen LogP contribution in [0.5, 0.6) is 0 Å². The lowest BCUT2D eigenvalue weighted by molar-refractivity contribution is -0.140. The fraction of sp³-hybridized carbons (Fsp3) is 0.300. The number of anilines is 1. The van der Waals surface area contributed by atoms with E-state index in [1.165, 1.54) is 12.1 Å². The van der Waals surface area contributed by atoms with Gasteiger partial charge >= 0.3 is 6.18 Å². The molecule has 2 N–H and O–H groups in total. The molecule has 0 fully saturated rings. The number of carbonyl (C=O) groups is 1. The van der Waals surface area contributed by atoms with Gasteiger partial charge in [-0.2, -0.15) is 13.2 Å². The fourth-order valence-corrected chi connectivity index (χ4v) is 1.53. The van der Waals surface area contributed by atoms with Crippen LogP contribution in [0.2, 0.25) is 0 Å².